The molecule has 174 valence electrons. The number of nitrogens with two attached hydrogens (primary N) is 1. The molecule has 0 radical (unpaired) electrons. The highest BCUT2D eigenvalue weighted by Gasteiger charge is 2.30. The number of aromatic nitrogens is 2. The molecular weight excluding hydrogens is 434 g/mol. The van der Waals surface area contributed by atoms with Crippen molar-refractivity contribution in [3.63, 3.8) is 0 Å². The van der Waals surface area contributed by atoms with Crippen LogP contribution < -0.4 is 5.73 Å². The summed E-state index contributed by atoms with van der Waals surface area (Å²) in [4.78, 5) is 22.1. The summed E-state index contributed by atoms with van der Waals surface area (Å²) >= 11 is 6.17. The number of carbonyl (C=O) groups is 1. The Balaban J connectivity index is 0.00000149. The molecule has 2 N–H and O–H groups in total. The first-order valence-corrected chi connectivity index (χ1v) is 11.8. The van der Waals surface area contributed by atoms with Crippen molar-refractivity contribution in [2.45, 2.75) is 39.5 Å². The number of urea groups is 1. The first-order chi connectivity index (χ1) is 16.0. The smallest absolute Gasteiger partial charge is 0.314 e. The Kier molecular flexibility index (Phi) is 8.28. The first kappa shape index (κ1) is 24.5. The summed E-state index contributed by atoms with van der Waals surface area (Å²) in [5.41, 5.74) is 11.0. The summed E-state index contributed by atoms with van der Waals surface area (Å²) in [7, 11) is 1.78. The zero-order chi connectivity index (χ0) is 24.0. The second-order valence-corrected chi connectivity index (χ2v) is 8.13. The van der Waals surface area contributed by atoms with Crippen LogP contribution in [0.25, 0.3) is 22.2 Å². The Labute approximate surface area is 200 Å². The van der Waals surface area contributed by atoms with Crippen LogP contribution in [-0.2, 0) is 0 Å². The van der Waals surface area contributed by atoms with Gasteiger partial charge in [-0.25, -0.2) is 4.79 Å². The minimum atomic E-state index is -0.348. The third-order valence-corrected chi connectivity index (χ3v) is 6.21. The molecule has 6 nitrogen and oxygen atoms in total. The minimum Gasteiger partial charge on any atom is -0.351 e. The van der Waals surface area contributed by atoms with Crippen molar-refractivity contribution >= 4 is 40.3 Å². The van der Waals surface area contributed by atoms with E-state index in [0.29, 0.717) is 24.0 Å². The number of amides is 2. The number of halogens is 1. The van der Waals surface area contributed by atoms with Crippen molar-refractivity contribution < 1.29 is 4.79 Å². The van der Waals surface area contributed by atoms with Crippen LogP contribution in [0, 0.1) is 0 Å². The number of pyridine rings is 1. The number of primary amides is 1. The van der Waals surface area contributed by atoms with Gasteiger partial charge >= 0.3 is 6.03 Å². The van der Waals surface area contributed by atoms with E-state index >= 15 is 0 Å². The van der Waals surface area contributed by atoms with Crippen LogP contribution in [0.4, 0.5) is 4.79 Å². The SMILES string of the molecule is C/C=C(\C=NC)c1c(C2CCN(C(N)=O)CC2)c2ccncc2n1-c1ccc(Cl)cc1.CC. The van der Waals surface area contributed by atoms with Crippen molar-refractivity contribution in [1.82, 2.24) is 14.5 Å². The number of benzene rings is 1. The molecule has 1 aliphatic rings. The molecule has 0 spiro atoms. The summed E-state index contributed by atoms with van der Waals surface area (Å²) in [5, 5.41) is 1.86. The lowest BCUT2D eigenvalue weighted by molar-refractivity contribution is 0.191. The Morgan fingerprint density at radius 1 is 1.18 bits per heavy atom. The third-order valence-electron chi connectivity index (χ3n) is 5.96. The molecule has 0 atom stereocenters. The van der Waals surface area contributed by atoms with Gasteiger partial charge in [-0.1, -0.05) is 31.5 Å². The molecule has 1 aromatic carbocycles. The lowest BCUT2D eigenvalue weighted by Crippen LogP contribution is -2.41. The number of piperidine rings is 1. The molecule has 0 bridgehead atoms. The van der Waals surface area contributed by atoms with Gasteiger partial charge in [0.2, 0.25) is 0 Å². The highest BCUT2D eigenvalue weighted by atomic mass is 35.5. The molecule has 0 saturated carbocycles. The largest absolute Gasteiger partial charge is 0.351 e. The zero-order valence-corrected chi connectivity index (χ0v) is 20.5. The van der Waals surface area contributed by atoms with E-state index in [0.717, 1.165) is 35.3 Å². The molecule has 2 amide bonds. The Morgan fingerprint density at radius 3 is 2.42 bits per heavy atom. The van der Waals surface area contributed by atoms with Gasteiger partial charge in [0, 0.05) is 54.2 Å². The second-order valence-electron chi connectivity index (χ2n) is 7.70. The third kappa shape index (κ3) is 4.96. The number of rotatable bonds is 4. The monoisotopic (exact) mass is 465 g/mol. The van der Waals surface area contributed by atoms with Crippen LogP contribution in [0.1, 0.15) is 50.8 Å². The van der Waals surface area contributed by atoms with Gasteiger partial charge in [0.05, 0.1) is 17.4 Å². The van der Waals surface area contributed by atoms with Gasteiger partial charge in [0.25, 0.3) is 0 Å². The van der Waals surface area contributed by atoms with Crippen molar-refractivity contribution in [1.29, 1.82) is 0 Å². The van der Waals surface area contributed by atoms with Crippen molar-refractivity contribution in [2.24, 2.45) is 10.7 Å². The maximum absolute atomic E-state index is 11.6. The molecule has 2 aromatic heterocycles. The lowest BCUT2D eigenvalue weighted by Gasteiger charge is -2.31. The fourth-order valence-corrected chi connectivity index (χ4v) is 4.64. The molecule has 0 aliphatic carbocycles. The number of allylic oxidation sites excluding steroid dienone is 2. The molecular formula is C26H32ClN5O. The van der Waals surface area contributed by atoms with E-state index in [9.17, 15) is 4.79 Å². The Morgan fingerprint density at radius 2 is 1.85 bits per heavy atom. The van der Waals surface area contributed by atoms with Crippen LogP contribution in [0.3, 0.4) is 0 Å². The van der Waals surface area contributed by atoms with Gasteiger partial charge in [0.1, 0.15) is 0 Å². The molecule has 7 heteroatoms. The lowest BCUT2D eigenvalue weighted by atomic mass is 9.86. The molecule has 1 aliphatic heterocycles. The predicted molar refractivity (Wildman–Crippen MR) is 139 cm³/mol. The Hall–Kier alpha value is -3.12. The Bertz CT molecular complexity index is 1160. The highest BCUT2D eigenvalue weighted by Crippen LogP contribution is 2.41. The van der Waals surface area contributed by atoms with E-state index in [2.05, 4.69) is 26.7 Å². The average Bonchev–Trinajstić information content (AvgIpc) is 3.19. The molecule has 1 fully saturated rings. The van der Waals surface area contributed by atoms with Gasteiger partial charge in [0.15, 0.2) is 0 Å². The van der Waals surface area contributed by atoms with E-state index in [4.69, 9.17) is 17.3 Å². The summed E-state index contributed by atoms with van der Waals surface area (Å²) < 4.78 is 2.24. The maximum atomic E-state index is 11.6. The predicted octanol–water partition coefficient (Wildman–Crippen LogP) is 6.07. The van der Waals surface area contributed by atoms with E-state index in [1.165, 1.54) is 10.9 Å². The number of hydrogen-bond acceptors (Lipinski definition) is 3. The van der Waals surface area contributed by atoms with Gasteiger partial charge in [-0.3, -0.25) is 9.98 Å². The van der Waals surface area contributed by atoms with Gasteiger partial charge < -0.3 is 15.2 Å². The normalized spacial score (nSPS) is 15.1. The molecule has 4 rings (SSSR count). The minimum absolute atomic E-state index is 0.296. The van der Waals surface area contributed by atoms with Crippen LogP contribution in [0.5, 0.6) is 0 Å². The number of fused-ring (bicyclic) bond motifs is 1. The van der Waals surface area contributed by atoms with Crippen LogP contribution >= 0.6 is 11.6 Å². The second kappa shape index (κ2) is 11.1. The molecule has 1 saturated heterocycles. The molecule has 3 heterocycles. The van der Waals surface area contributed by atoms with Crippen LogP contribution in [0.2, 0.25) is 5.02 Å². The first-order valence-electron chi connectivity index (χ1n) is 11.4. The fourth-order valence-electron chi connectivity index (χ4n) is 4.52. The standard InChI is InChI=1S/C24H26ClN5O.C2H6/c1-3-16(14-27-2)23-22(17-9-12-29(13-10-17)24(26)31)20-8-11-28-15-21(20)30(23)19-6-4-18(25)5-7-19;1-2/h3-8,11,14-15,17H,9-10,12-13H2,1-2H3,(H2,26,31);1-2H3/b16-3+,27-14?;. The van der Waals surface area contributed by atoms with Gasteiger partial charge in [-0.15, -0.1) is 0 Å². The average molecular weight is 466 g/mol. The number of aliphatic imine (C=N–C) groups is 1. The fraction of sp³-hybridized carbons (Fsp3) is 0.346. The summed E-state index contributed by atoms with van der Waals surface area (Å²) in [6, 6.07) is 9.58. The van der Waals surface area contributed by atoms with Gasteiger partial charge in [-0.2, -0.15) is 0 Å². The maximum Gasteiger partial charge on any atom is 0.314 e. The van der Waals surface area contributed by atoms with Crippen molar-refractivity contribution in [3.8, 4) is 5.69 Å². The highest BCUT2D eigenvalue weighted by molar-refractivity contribution is 6.30. The van der Waals surface area contributed by atoms with Crippen molar-refractivity contribution in [3.05, 3.63) is 65.1 Å². The van der Waals surface area contributed by atoms with Crippen LogP contribution in [-0.4, -0.2) is 46.8 Å². The number of carbonyl (C=O) groups excluding carboxylic acids is 1. The number of nitrogens with zero attached hydrogens (tertiary/aromatic N) is 4. The summed E-state index contributed by atoms with van der Waals surface area (Å²) in [5.74, 6) is 0.296. The molecule has 0 unspecified atom stereocenters. The topological polar surface area (TPSA) is 76.5 Å². The summed E-state index contributed by atoms with van der Waals surface area (Å²) in [6.07, 6.45) is 9.45. The van der Waals surface area contributed by atoms with E-state index in [1.54, 1.807) is 11.9 Å². The van der Waals surface area contributed by atoms with Crippen LogP contribution in [0.15, 0.2) is 53.8 Å². The molecule has 3 aromatic rings. The zero-order valence-electron chi connectivity index (χ0n) is 19.8. The number of likely N-dealkylation sites (tertiary alicyclic amines) is 1. The number of hydrogen-bond donors (Lipinski definition) is 1. The van der Waals surface area contributed by atoms with Gasteiger partial charge in [-0.05, 0) is 61.6 Å². The molecule has 33 heavy (non-hydrogen) atoms. The quantitative estimate of drug-likeness (QED) is 0.475. The summed E-state index contributed by atoms with van der Waals surface area (Å²) in [6.45, 7) is 7.34. The van der Waals surface area contributed by atoms with E-state index in [-0.39, 0.29) is 6.03 Å². The van der Waals surface area contributed by atoms with E-state index in [1.807, 2.05) is 63.6 Å². The van der Waals surface area contributed by atoms with Crippen molar-refractivity contribution in [2.75, 3.05) is 20.1 Å². The van der Waals surface area contributed by atoms with E-state index < -0.39 is 0 Å².